The highest BCUT2D eigenvalue weighted by molar-refractivity contribution is 14.0. The molecular weight excluding hydrogens is 219 g/mol. The summed E-state index contributed by atoms with van der Waals surface area (Å²) in [4.78, 5) is 10.1. The van der Waals surface area contributed by atoms with Crippen LogP contribution in [0.15, 0.2) is 12.7 Å². The molecule has 0 saturated carbocycles. The molecule has 0 aliphatic heterocycles. The van der Waals surface area contributed by atoms with Crippen molar-refractivity contribution < 1.29 is 9.53 Å². The predicted molar refractivity (Wildman–Crippen MR) is 42.2 cm³/mol. The fourth-order valence-corrected chi connectivity index (χ4v) is 0.201. The van der Waals surface area contributed by atoms with E-state index in [0.717, 1.165) is 6.08 Å². The molecule has 0 spiro atoms. The quantitative estimate of drug-likeness (QED) is 0.405. The average molecular weight is 228 g/mol. The Bertz CT molecular complexity index is 80.5. The molecule has 0 heterocycles. The van der Waals surface area contributed by atoms with E-state index in [9.17, 15) is 4.79 Å². The summed E-state index contributed by atoms with van der Waals surface area (Å²) in [6.07, 6.45) is 1.14. The van der Waals surface area contributed by atoms with Crippen LogP contribution in [0.4, 0.5) is 0 Å². The zero-order chi connectivity index (χ0) is 5.70. The van der Waals surface area contributed by atoms with E-state index in [1.165, 1.54) is 0 Å². The van der Waals surface area contributed by atoms with Crippen molar-refractivity contribution in [2.75, 3.05) is 6.61 Å². The summed E-state index contributed by atoms with van der Waals surface area (Å²) in [5.41, 5.74) is 0. The minimum Gasteiger partial charge on any atom is -0.463 e. The fourth-order valence-electron chi connectivity index (χ4n) is 0.201. The van der Waals surface area contributed by atoms with Gasteiger partial charge < -0.3 is 4.74 Å². The van der Waals surface area contributed by atoms with Crippen molar-refractivity contribution in [1.82, 2.24) is 0 Å². The maximum atomic E-state index is 10.1. The molecule has 0 aliphatic carbocycles. The SMILES string of the molecule is C=CC(=O)OCC.I. The zero-order valence-electron chi connectivity index (χ0n) is 4.72. The van der Waals surface area contributed by atoms with E-state index in [1.807, 2.05) is 0 Å². The number of carbonyl (C=O) groups excluding carboxylic acids is 1. The van der Waals surface area contributed by atoms with Crippen molar-refractivity contribution in [3.63, 3.8) is 0 Å². The van der Waals surface area contributed by atoms with Crippen molar-refractivity contribution in [1.29, 1.82) is 0 Å². The van der Waals surface area contributed by atoms with Gasteiger partial charge in [-0.3, -0.25) is 0 Å². The topological polar surface area (TPSA) is 26.3 Å². The Hall–Kier alpha value is -0.0600. The Kier molecular flexibility index (Phi) is 9.40. The maximum absolute atomic E-state index is 10.1. The molecule has 0 amide bonds. The fraction of sp³-hybridized carbons (Fsp3) is 0.400. The van der Waals surface area contributed by atoms with Gasteiger partial charge in [-0.25, -0.2) is 4.79 Å². The largest absolute Gasteiger partial charge is 0.463 e. The van der Waals surface area contributed by atoms with Crippen LogP contribution in [0, 0.1) is 0 Å². The van der Waals surface area contributed by atoms with E-state index in [2.05, 4.69) is 11.3 Å². The first-order valence-electron chi connectivity index (χ1n) is 2.10. The lowest BCUT2D eigenvalue weighted by atomic mass is 10.6. The van der Waals surface area contributed by atoms with Crippen molar-refractivity contribution in [3.8, 4) is 0 Å². The zero-order valence-corrected chi connectivity index (χ0v) is 7.05. The highest BCUT2D eigenvalue weighted by Gasteiger charge is 1.86. The minimum absolute atomic E-state index is 0. The van der Waals surface area contributed by atoms with Gasteiger partial charge in [0.2, 0.25) is 0 Å². The molecule has 48 valence electrons. The van der Waals surface area contributed by atoms with Crippen LogP contribution < -0.4 is 0 Å². The second-order valence-corrected chi connectivity index (χ2v) is 0.956. The Balaban J connectivity index is 0. The Morgan fingerprint density at radius 3 is 2.50 bits per heavy atom. The Morgan fingerprint density at radius 1 is 1.88 bits per heavy atom. The molecule has 0 aromatic heterocycles. The third-order valence-electron chi connectivity index (χ3n) is 0.453. The van der Waals surface area contributed by atoms with Gasteiger partial charge in [-0.15, -0.1) is 24.0 Å². The van der Waals surface area contributed by atoms with Gasteiger partial charge in [-0.2, -0.15) is 0 Å². The molecule has 8 heavy (non-hydrogen) atoms. The average Bonchev–Trinajstić information content (AvgIpc) is 1.68. The number of hydrogen-bond donors (Lipinski definition) is 0. The number of hydrogen-bond acceptors (Lipinski definition) is 2. The molecule has 0 atom stereocenters. The highest BCUT2D eigenvalue weighted by Crippen LogP contribution is 1.74. The molecule has 0 bridgehead atoms. The van der Waals surface area contributed by atoms with Crippen LogP contribution >= 0.6 is 24.0 Å². The van der Waals surface area contributed by atoms with Crippen molar-refractivity contribution in [3.05, 3.63) is 12.7 Å². The predicted octanol–water partition coefficient (Wildman–Crippen LogP) is 1.35. The second kappa shape index (κ2) is 6.94. The number of ether oxygens (including phenoxy) is 1. The third-order valence-corrected chi connectivity index (χ3v) is 0.453. The van der Waals surface area contributed by atoms with E-state index >= 15 is 0 Å². The van der Waals surface area contributed by atoms with Crippen LogP contribution in [0.25, 0.3) is 0 Å². The highest BCUT2D eigenvalue weighted by atomic mass is 127. The lowest BCUT2D eigenvalue weighted by Crippen LogP contribution is -1.97. The van der Waals surface area contributed by atoms with Gasteiger partial charge in [0.15, 0.2) is 0 Å². The van der Waals surface area contributed by atoms with Crippen molar-refractivity contribution in [2.24, 2.45) is 0 Å². The molecule has 0 radical (unpaired) electrons. The van der Waals surface area contributed by atoms with Crippen LogP contribution in [0.2, 0.25) is 0 Å². The molecule has 0 rings (SSSR count). The first-order valence-corrected chi connectivity index (χ1v) is 2.10. The van der Waals surface area contributed by atoms with Gasteiger partial charge in [0.25, 0.3) is 0 Å². The maximum Gasteiger partial charge on any atom is 0.330 e. The van der Waals surface area contributed by atoms with E-state index in [1.54, 1.807) is 6.92 Å². The lowest BCUT2D eigenvalue weighted by molar-refractivity contribution is -0.137. The van der Waals surface area contributed by atoms with Crippen molar-refractivity contribution in [2.45, 2.75) is 6.92 Å². The van der Waals surface area contributed by atoms with Crippen LogP contribution in [0.3, 0.4) is 0 Å². The van der Waals surface area contributed by atoms with E-state index in [-0.39, 0.29) is 29.9 Å². The third kappa shape index (κ3) is 5.94. The summed E-state index contributed by atoms with van der Waals surface area (Å²) < 4.78 is 4.43. The number of esters is 1. The minimum atomic E-state index is -0.359. The molecule has 3 heteroatoms. The molecule has 0 N–H and O–H groups in total. The van der Waals surface area contributed by atoms with Gasteiger partial charge in [0, 0.05) is 6.08 Å². The summed E-state index contributed by atoms with van der Waals surface area (Å²) >= 11 is 0. The molecular formula is C5H9IO2. The van der Waals surface area contributed by atoms with Crippen LogP contribution in [-0.4, -0.2) is 12.6 Å². The van der Waals surface area contributed by atoms with Gasteiger partial charge in [0.1, 0.15) is 0 Å². The van der Waals surface area contributed by atoms with Gasteiger partial charge in [-0.05, 0) is 6.92 Å². The van der Waals surface area contributed by atoms with Crippen molar-refractivity contribution >= 4 is 29.9 Å². The van der Waals surface area contributed by atoms with Crippen LogP contribution in [0.1, 0.15) is 6.92 Å². The van der Waals surface area contributed by atoms with Gasteiger partial charge in [0.05, 0.1) is 6.61 Å². The standard InChI is InChI=1S/C5H8O2.HI/c1-3-5(6)7-4-2;/h3H,1,4H2,2H3;1H. The molecule has 0 aromatic carbocycles. The smallest absolute Gasteiger partial charge is 0.330 e. The monoisotopic (exact) mass is 228 g/mol. The molecule has 0 aromatic rings. The normalized spacial score (nSPS) is 6.62. The molecule has 0 aliphatic rings. The number of halogens is 1. The van der Waals surface area contributed by atoms with Crippen LogP contribution in [-0.2, 0) is 9.53 Å². The van der Waals surface area contributed by atoms with E-state index in [0.29, 0.717) is 6.61 Å². The van der Waals surface area contributed by atoms with E-state index < -0.39 is 0 Å². The Labute approximate surface area is 65.9 Å². The molecule has 0 fully saturated rings. The van der Waals surface area contributed by atoms with Gasteiger partial charge in [-0.1, -0.05) is 6.58 Å². The number of carbonyl (C=O) groups is 1. The molecule has 0 unspecified atom stereocenters. The second-order valence-electron chi connectivity index (χ2n) is 0.956. The summed E-state index contributed by atoms with van der Waals surface area (Å²) in [7, 11) is 0. The first-order chi connectivity index (χ1) is 3.31. The lowest BCUT2D eigenvalue weighted by Gasteiger charge is -1.90. The van der Waals surface area contributed by atoms with Gasteiger partial charge >= 0.3 is 5.97 Å². The van der Waals surface area contributed by atoms with E-state index in [4.69, 9.17) is 0 Å². The first kappa shape index (κ1) is 10.8. The summed E-state index contributed by atoms with van der Waals surface area (Å²) in [5.74, 6) is -0.359. The summed E-state index contributed by atoms with van der Waals surface area (Å²) in [6, 6.07) is 0. The summed E-state index contributed by atoms with van der Waals surface area (Å²) in [5, 5.41) is 0. The summed E-state index contributed by atoms with van der Waals surface area (Å²) in [6.45, 7) is 5.38. The number of rotatable bonds is 2. The molecule has 0 saturated heterocycles. The molecule has 2 nitrogen and oxygen atoms in total. The Morgan fingerprint density at radius 2 is 2.38 bits per heavy atom. The van der Waals surface area contributed by atoms with Crippen LogP contribution in [0.5, 0.6) is 0 Å².